The zero-order chi connectivity index (χ0) is 20.6. The Balaban J connectivity index is 1.61. The van der Waals surface area contributed by atoms with E-state index in [2.05, 4.69) is 10.3 Å². The van der Waals surface area contributed by atoms with E-state index in [0.717, 1.165) is 4.88 Å². The Labute approximate surface area is 176 Å². The zero-order valence-corrected chi connectivity index (χ0v) is 17.2. The maximum atomic E-state index is 13.5. The number of fused-ring (bicyclic) bond motifs is 1. The Kier molecular flexibility index (Phi) is 4.68. The van der Waals surface area contributed by atoms with Crippen LogP contribution in [0, 0.1) is 0 Å². The van der Waals surface area contributed by atoms with Crippen LogP contribution in [0.1, 0.15) is 0 Å². The molecule has 1 N–H and O–H groups in total. The van der Waals surface area contributed by atoms with Gasteiger partial charge >= 0.3 is 0 Å². The van der Waals surface area contributed by atoms with Crippen LogP contribution in [0.5, 0.6) is 11.5 Å². The van der Waals surface area contributed by atoms with Gasteiger partial charge in [0.2, 0.25) is 26.6 Å². The first-order valence-corrected chi connectivity index (χ1v) is 11.5. The van der Waals surface area contributed by atoms with Crippen molar-refractivity contribution in [1.82, 2.24) is 4.98 Å². The second-order valence-electron chi connectivity index (χ2n) is 6.43. The number of rotatable bonds is 5. The normalized spacial score (nSPS) is 13.2. The van der Waals surface area contributed by atoms with Gasteiger partial charge in [0.05, 0.1) is 9.77 Å². The number of aromatic nitrogens is 1. The predicted molar refractivity (Wildman–Crippen MR) is 112 cm³/mol. The molecule has 2 aromatic heterocycles. The van der Waals surface area contributed by atoms with Crippen molar-refractivity contribution in [2.45, 2.75) is 9.92 Å². The number of anilines is 2. The highest BCUT2D eigenvalue weighted by atomic mass is 32.2. The highest BCUT2D eigenvalue weighted by molar-refractivity contribution is 7.91. The van der Waals surface area contributed by atoms with Crippen molar-refractivity contribution in [3.05, 3.63) is 66.0 Å². The molecule has 0 fully saturated rings. The zero-order valence-electron chi connectivity index (χ0n) is 15.6. The van der Waals surface area contributed by atoms with Gasteiger partial charge in [-0.3, -0.25) is 0 Å². The van der Waals surface area contributed by atoms with Crippen LogP contribution in [0.2, 0.25) is 0 Å². The summed E-state index contributed by atoms with van der Waals surface area (Å²) in [7, 11) is -3.99. The molecule has 30 heavy (non-hydrogen) atoms. The van der Waals surface area contributed by atoms with Crippen LogP contribution in [-0.2, 0) is 9.84 Å². The number of thiophene rings is 1. The Bertz CT molecular complexity index is 1280. The maximum Gasteiger partial charge on any atom is 0.240 e. The number of sulfone groups is 1. The molecular formula is C21H16N2O5S2. The summed E-state index contributed by atoms with van der Waals surface area (Å²) >= 11 is 1.41. The largest absolute Gasteiger partial charge is 0.486 e. The van der Waals surface area contributed by atoms with Crippen LogP contribution in [-0.4, -0.2) is 26.6 Å². The molecule has 0 radical (unpaired) electrons. The van der Waals surface area contributed by atoms with E-state index in [1.54, 1.807) is 6.07 Å². The van der Waals surface area contributed by atoms with Crippen molar-refractivity contribution >= 4 is 32.7 Å². The highest BCUT2D eigenvalue weighted by Crippen LogP contribution is 2.38. The van der Waals surface area contributed by atoms with E-state index in [9.17, 15) is 8.42 Å². The molecule has 0 spiro atoms. The third-order valence-corrected chi connectivity index (χ3v) is 6.96. The fourth-order valence-corrected chi connectivity index (χ4v) is 4.95. The van der Waals surface area contributed by atoms with Gasteiger partial charge < -0.3 is 19.2 Å². The quantitative estimate of drug-likeness (QED) is 0.479. The minimum absolute atomic E-state index is 0.0499. The van der Waals surface area contributed by atoms with Crippen LogP contribution in [0.4, 0.5) is 11.6 Å². The second-order valence-corrected chi connectivity index (χ2v) is 9.24. The lowest BCUT2D eigenvalue weighted by atomic mass is 10.3. The van der Waals surface area contributed by atoms with Gasteiger partial charge in [-0.15, -0.1) is 11.3 Å². The molecule has 5 rings (SSSR count). The fraction of sp³-hybridized carbons (Fsp3) is 0.0952. The predicted octanol–water partition coefficient (Wildman–Crippen LogP) is 4.75. The van der Waals surface area contributed by atoms with Gasteiger partial charge in [0.1, 0.15) is 13.2 Å². The molecule has 0 saturated carbocycles. The van der Waals surface area contributed by atoms with Crippen LogP contribution >= 0.6 is 11.3 Å². The molecule has 1 aliphatic heterocycles. The number of para-hydroxylation sites is 1. The second kappa shape index (κ2) is 7.51. The topological polar surface area (TPSA) is 90.7 Å². The molecule has 4 aromatic rings. The first-order valence-electron chi connectivity index (χ1n) is 9.13. The molecule has 152 valence electrons. The SMILES string of the molecule is O=S(=O)(c1ccc2c(c1)OCCO2)c1nc(-c2cccs2)oc1Nc1ccccc1. The highest BCUT2D eigenvalue weighted by Gasteiger charge is 2.30. The van der Waals surface area contributed by atoms with Gasteiger partial charge in [-0.1, -0.05) is 24.3 Å². The first-order chi connectivity index (χ1) is 14.6. The average molecular weight is 441 g/mol. The number of hydrogen-bond acceptors (Lipinski definition) is 8. The summed E-state index contributed by atoms with van der Waals surface area (Å²) in [5.41, 5.74) is 0.685. The van der Waals surface area contributed by atoms with E-state index in [-0.39, 0.29) is 21.7 Å². The molecule has 0 atom stereocenters. The van der Waals surface area contributed by atoms with Crippen molar-refractivity contribution in [2.24, 2.45) is 0 Å². The molecule has 0 saturated heterocycles. The van der Waals surface area contributed by atoms with E-state index in [0.29, 0.717) is 30.4 Å². The Hall–Kier alpha value is -3.30. The number of ether oxygens (including phenoxy) is 2. The van der Waals surface area contributed by atoms with Crippen molar-refractivity contribution in [2.75, 3.05) is 18.5 Å². The average Bonchev–Trinajstić information content (AvgIpc) is 3.44. The van der Waals surface area contributed by atoms with Gasteiger partial charge in [0, 0.05) is 11.8 Å². The van der Waals surface area contributed by atoms with Gasteiger partial charge in [0.25, 0.3) is 0 Å². The van der Waals surface area contributed by atoms with Crippen LogP contribution in [0.15, 0.2) is 80.4 Å². The van der Waals surface area contributed by atoms with E-state index in [1.165, 1.54) is 23.5 Å². The lowest BCUT2D eigenvalue weighted by Crippen LogP contribution is -2.16. The molecule has 7 nitrogen and oxygen atoms in total. The number of oxazole rings is 1. The van der Waals surface area contributed by atoms with Crippen molar-refractivity contribution in [3.63, 3.8) is 0 Å². The summed E-state index contributed by atoms with van der Waals surface area (Å²) < 4.78 is 43.8. The molecule has 1 aliphatic rings. The summed E-state index contributed by atoms with van der Waals surface area (Å²) in [6.45, 7) is 0.793. The third kappa shape index (κ3) is 3.42. The molecule has 0 unspecified atom stereocenters. The van der Waals surface area contributed by atoms with Crippen molar-refractivity contribution < 1.29 is 22.3 Å². The molecule has 9 heteroatoms. The monoisotopic (exact) mass is 440 g/mol. The minimum Gasteiger partial charge on any atom is -0.486 e. The fourth-order valence-electron chi connectivity index (χ4n) is 3.03. The van der Waals surface area contributed by atoms with E-state index in [1.807, 2.05) is 47.8 Å². The third-order valence-electron chi connectivity index (χ3n) is 4.44. The Morgan fingerprint density at radius 3 is 2.50 bits per heavy atom. The lowest BCUT2D eigenvalue weighted by molar-refractivity contribution is 0.171. The lowest BCUT2D eigenvalue weighted by Gasteiger charge is -2.18. The van der Waals surface area contributed by atoms with Crippen molar-refractivity contribution in [1.29, 1.82) is 0 Å². The summed E-state index contributed by atoms with van der Waals surface area (Å²) in [6.07, 6.45) is 0. The molecule has 0 aliphatic carbocycles. The van der Waals surface area contributed by atoms with Crippen LogP contribution < -0.4 is 14.8 Å². The number of nitrogens with one attached hydrogen (secondary N) is 1. The van der Waals surface area contributed by atoms with Gasteiger partial charge in [-0.2, -0.15) is 4.98 Å². The molecule has 2 aromatic carbocycles. The van der Waals surface area contributed by atoms with E-state index >= 15 is 0 Å². The minimum atomic E-state index is -3.99. The van der Waals surface area contributed by atoms with Crippen LogP contribution in [0.3, 0.4) is 0 Å². The summed E-state index contributed by atoms with van der Waals surface area (Å²) in [5, 5.41) is 4.72. The summed E-state index contributed by atoms with van der Waals surface area (Å²) in [5.74, 6) is 1.20. The Morgan fingerprint density at radius 1 is 0.933 bits per heavy atom. The first kappa shape index (κ1) is 18.7. The maximum absolute atomic E-state index is 13.5. The molecular weight excluding hydrogens is 424 g/mol. The number of nitrogens with zero attached hydrogens (tertiary/aromatic N) is 1. The standard InChI is InChI=1S/C21H16N2O5S2/c24-30(25,15-8-9-16-17(13-15)27-11-10-26-16)21-20(22-14-5-2-1-3-6-14)28-19(23-21)18-7-4-12-29-18/h1-9,12-13,22H,10-11H2. The van der Waals surface area contributed by atoms with E-state index in [4.69, 9.17) is 13.9 Å². The summed E-state index contributed by atoms with van der Waals surface area (Å²) in [4.78, 5) is 5.11. The molecule has 0 bridgehead atoms. The Morgan fingerprint density at radius 2 is 1.73 bits per heavy atom. The molecule has 0 amide bonds. The van der Waals surface area contributed by atoms with Gasteiger partial charge in [0.15, 0.2) is 11.5 Å². The van der Waals surface area contributed by atoms with Gasteiger partial charge in [-0.05, 0) is 35.7 Å². The number of hydrogen-bond donors (Lipinski definition) is 1. The summed E-state index contributed by atoms with van der Waals surface area (Å²) in [6, 6.07) is 17.4. The van der Waals surface area contributed by atoms with E-state index < -0.39 is 9.84 Å². The smallest absolute Gasteiger partial charge is 0.240 e. The van der Waals surface area contributed by atoms with Gasteiger partial charge in [-0.25, -0.2) is 8.42 Å². The van der Waals surface area contributed by atoms with Crippen molar-refractivity contribution in [3.8, 4) is 22.3 Å². The molecule has 3 heterocycles. The van der Waals surface area contributed by atoms with Crippen LogP contribution in [0.25, 0.3) is 10.8 Å². The number of benzene rings is 2.